The smallest absolute Gasteiger partial charge is 0.242 e. The minimum absolute atomic E-state index is 0.00783. The quantitative estimate of drug-likeness (QED) is 0.755. The fourth-order valence-electron chi connectivity index (χ4n) is 3.48. The SMILES string of the molecule is O=C1CCCCN1CC(=O)N(C/C=C/c1ccccc1)CC1CCCO1. The molecule has 2 saturated heterocycles. The molecule has 0 aliphatic carbocycles. The van der Waals surface area contributed by atoms with Gasteiger partial charge in [-0.2, -0.15) is 0 Å². The summed E-state index contributed by atoms with van der Waals surface area (Å²) in [5.41, 5.74) is 1.11. The minimum atomic E-state index is 0.00783. The Balaban J connectivity index is 1.60. The second-order valence-corrected chi connectivity index (χ2v) is 7.02. The molecule has 5 heteroatoms. The van der Waals surface area contributed by atoms with Gasteiger partial charge in [0, 0.05) is 32.7 Å². The lowest BCUT2D eigenvalue weighted by atomic mass is 10.1. The molecule has 2 aliphatic heterocycles. The van der Waals surface area contributed by atoms with Gasteiger partial charge in [0.25, 0.3) is 0 Å². The Labute approximate surface area is 155 Å². The highest BCUT2D eigenvalue weighted by Gasteiger charge is 2.26. The van der Waals surface area contributed by atoms with Crippen LogP contribution < -0.4 is 0 Å². The average molecular weight is 356 g/mol. The van der Waals surface area contributed by atoms with Crippen LogP contribution in [0.5, 0.6) is 0 Å². The fourth-order valence-corrected chi connectivity index (χ4v) is 3.48. The number of carbonyl (C=O) groups is 2. The van der Waals surface area contributed by atoms with Crippen LogP contribution in [0, 0.1) is 0 Å². The van der Waals surface area contributed by atoms with E-state index in [0.29, 0.717) is 26.1 Å². The molecule has 140 valence electrons. The van der Waals surface area contributed by atoms with Crippen LogP contribution >= 0.6 is 0 Å². The normalized spacial score (nSPS) is 20.7. The molecule has 1 aromatic rings. The number of hydrogen-bond acceptors (Lipinski definition) is 3. The third-order valence-corrected chi connectivity index (χ3v) is 4.98. The maximum atomic E-state index is 12.8. The predicted octanol–water partition coefficient (Wildman–Crippen LogP) is 2.72. The molecular weight excluding hydrogens is 328 g/mol. The Kier molecular flexibility index (Phi) is 6.83. The van der Waals surface area contributed by atoms with Gasteiger partial charge in [0.1, 0.15) is 0 Å². The number of rotatable bonds is 7. The van der Waals surface area contributed by atoms with Crippen molar-refractivity contribution in [1.82, 2.24) is 9.80 Å². The van der Waals surface area contributed by atoms with Crippen molar-refractivity contribution in [3.63, 3.8) is 0 Å². The van der Waals surface area contributed by atoms with Gasteiger partial charge in [0.2, 0.25) is 11.8 Å². The summed E-state index contributed by atoms with van der Waals surface area (Å²) in [7, 11) is 0. The zero-order valence-corrected chi connectivity index (χ0v) is 15.3. The summed E-state index contributed by atoms with van der Waals surface area (Å²) in [5.74, 6) is 0.106. The van der Waals surface area contributed by atoms with Crippen LogP contribution in [0.4, 0.5) is 0 Å². The molecule has 2 fully saturated rings. The number of piperidine rings is 1. The van der Waals surface area contributed by atoms with Crippen molar-refractivity contribution in [2.75, 3.05) is 32.8 Å². The number of ether oxygens (including phenoxy) is 1. The van der Waals surface area contributed by atoms with Crippen LogP contribution in [0.25, 0.3) is 6.08 Å². The molecule has 0 radical (unpaired) electrons. The Morgan fingerprint density at radius 1 is 1.23 bits per heavy atom. The third-order valence-electron chi connectivity index (χ3n) is 4.98. The lowest BCUT2D eigenvalue weighted by Gasteiger charge is -2.30. The van der Waals surface area contributed by atoms with Crippen LogP contribution in [0.3, 0.4) is 0 Å². The van der Waals surface area contributed by atoms with E-state index in [4.69, 9.17) is 4.74 Å². The molecule has 0 bridgehead atoms. The Bertz CT molecular complexity index is 623. The fraction of sp³-hybridized carbons (Fsp3) is 0.524. The van der Waals surface area contributed by atoms with Crippen molar-refractivity contribution in [1.29, 1.82) is 0 Å². The first kappa shape index (κ1) is 18.6. The minimum Gasteiger partial charge on any atom is -0.376 e. The van der Waals surface area contributed by atoms with E-state index >= 15 is 0 Å². The molecule has 0 spiro atoms. The number of benzene rings is 1. The van der Waals surface area contributed by atoms with E-state index < -0.39 is 0 Å². The van der Waals surface area contributed by atoms with E-state index in [1.165, 1.54) is 0 Å². The van der Waals surface area contributed by atoms with Crippen LogP contribution in [0.15, 0.2) is 36.4 Å². The van der Waals surface area contributed by atoms with Crippen molar-refractivity contribution in [3.8, 4) is 0 Å². The maximum absolute atomic E-state index is 12.8. The second-order valence-electron chi connectivity index (χ2n) is 7.02. The van der Waals surface area contributed by atoms with Crippen LogP contribution in [-0.2, 0) is 14.3 Å². The molecule has 1 unspecified atom stereocenters. The van der Waals surface area contributed by atoms with E-state index in [0.717, 1.165) is 37.9 Å². The van der Waals surface area contributed by atoms with Gasteiger partial charge >= 0.3 is 0 Å². The van der Waals surface area contributed by atoms with Crippen LogP contribution in [0.1, 0.15) is 37.7 Å². The second kappa shape index (κ2) is 9.53. The summed E-state index contributed by atoms with van der Waals surface area (Å²) >= 11 is 0. The molecule has 0 aromatic heterocycles. The molecule has 2 amide bonds. The van der Waals surface area contributed by atoms with E-state index in [9.17, 15) is 9.59 Å². The first-order valence-electron chi connectivity index (χ1n) is 9.61. The lowest BCUT2D eigenvalue weighted by molar-refractivity contribution is -0.142. The highest BCUT2D eigenvalue weighted by Crippen LogP contribution is 2.15. The number of likely N-dealkylation sites (tertiary alicyclic amines) is 1. The number of carbonyl (C=O) groups excluding carboxylic acids is 2. The van der Waals surface area contributed by atoms with Gasteiger partial charge in [0.15, 0.2) is 0 Å². The highest BCUT2D eigenvalue weighted by atomic mass is 16.5. The van der Waals surface area contributed by atoms with Gasteiger partial charge < -0.3 is 14.5 Å². The summed E-state index contributed by atoms with van der Waals surface area (Å²) in [4.78, 5) is 28.4. The van der Waals surface area contributed by atoms with Gasteiger partial charge in [-0.3, -0.25) is 9.59 Å². The van der Waals surface area contributed by atoms with E-state index in [1.807, 2.05) is 47.4 Å². The Morgan fingerprint density at radius 3 is 2.81 bits per heavy atom. The number of hydrogen-bond donors (Lipinski definition) is 0. The molecule has 0 N–H and O–H groups in total. The van der Waals surface area contributed by atoms with E-state index in [1.54, 1.807) is 4.90 Å². The van der Waals surface area contributed by atoms with Crippen LogP contribution in [0.2, 0.25) is 0 Å². The van der Waals surface area contributed by atoms with Gasteiger partial charge in [0.05, 0.1) is 12.6 Å². The monoisotopic (exact) mass is 356 g/mol. The van der Waals surface area contributed by atoms with E-state index in [2.05, 4.69) is 0 Å². The van der Waals surface area contributed by atoms with Gasteiger partial charge in [-0.15, -0.1) is 0 Å². The molecule has 5 nitrogen and oxygen atoms in total. The van der Waals surface area contributed by atoms with Gasteiger partial charge in [-0.05, 0) is 31.2 Å². The topological polar surface area (TPSA) is 49.9 Å². The molecule has 2 aliphatic rings. The number of nitrogens with zero attached hydrogens (tertiary/aromatic N) is 2. The highest BCUT2D eigenvalue weighted by molar-refractivity contribution is 5.85. The summed E-state index contributed by atoms with van der Waals surface area (Å²) in [6, 6.07) is 10.1. The zero-order valence-electron chi connectivity index (χ0n) is 15.3. The van der Waals surface area contributed by atoms with Crippen molar-refractivity contribution in [3.05, 3.63) is 42.0 Å². The number of amides is 2. The molecule has 26 heavy (non-hydrogen) atoms. The van der Waals surface area contributed by atoms with Crippen molar-refractivity contribution in [2.45, 2.75) is 38.2 Å². The molecule has 1 atom stereocenters. The summed E-state index contributed by atoms with van der Waals surface area (Å²) in [5, 5.41) is 0. The summed E-state index contributed by atoms with van der Waals surface area (Å²) in [6.07, 6.45) is 8.68. The molecule has 1 aromatic carbocycles. The third kappa shape index (κ3) is 5.43. The molecule has 2 heterocycles. The van der Waals surface area contributed by atoms with E-state index in [-0.39, 0.29) is 24.5 Å². The lowest BCUT2D eigenvalue weighted by Crippen LogP contribution is -2.46. The van der Waals surface area contributed by atoms with Crippen LogP contribution in [-0.4, -0.2) is 60.5 Å². The van der Waals surface area contributed by atoms with Crippen molar-refractivity contribution < 1.29 is 14.3 Å². The summed E-state index contributed by atoms with van der Waals surface area (Å²) < 4.78 is 5.71. The first-order valence-corrected chi connectivity index (χ1v) is 9.61. The summed E-state index contributed by atoms with van der Waals surface area (Å²) in [6.45, 7) is 2.79. The average Bonchev–Trinajstić information content (AvgIpc) is 3.17. The van der Waals surface area contributed by atoms with Gasteiger partial charge in [-0.1, -0.05) is 42.5 Å². The standard InChI is InChI=1S/C21H28N2O3/c24-20-12-4-5-13-23(20)17-21(25)22(16-19-11-7-15-26-19)14-6-10-18-8-2-1-3-9-18/h1-3,6,8-10,19H,4-5,7,11-17H2/b10-6+. The molecule has 0 saturated carbocycles. The Hall–Kier alpha value is -2.14. The zero-order chi connectivity index (χ0) is 18.2. The first-order chi connectivity index (χ1) is 12.7. The Morgan fingerprint density at radius 2 is 2.08 bits per heavy atom. The van der Waals surface area contributed by atoms with Crippen molar-refractivity contribution in [2.24, 2.45) is 0 Å². The molecular formula is C21H28N2O3. The maximum Gasteiger partial charge on any atom is 0.242 e. The van der Waals surface area contributed by atoms with Gasteiger partial charge in [-0.25, -0.2) is 0 Å². The molecule has 3 rings (SSSR count). The van der Waals surface area contributed by atoms with Crippen molar-refractivity contribution >= 4 is 17.9 Å². The predicted molar refractivity (Wildman–Crippen MR) is 101 cm³/mol. The largest absolute Gasteiger partial charge is 0.376 e.